The van der Waals surface area contributed by atoms with Crippen molar-refractivity contribution in [2.45, 2.75) is 12.6 Å². The number of rotatable bonds is 5. The molecule has 0 bridgehead atoms. The fourth-order valence-corrected chi connectivity index (χ4v) is 1.35. The third-order valence-electron chi connectivity index (χ3n) is 2.08. The second-order valence-corrected chi connectivity index (χ2v) is 3.53. The summed E-state index contributed by atoms with van der Waals surface area (Å²) in [5.74, 6) is -0.719. The number of hydroxylamine groups is 1. The minimum atomic E-state index is -4.48. The fraction of sp³-hybridized carbons (Fsp3) is 0.364. The molecule has 3 N–H and O–H groups in total. The van der Waals surface area contributed by atoms with E-state index in [1.807, 2.05) is 0 Å². The second-order valence-electron chi connectivity index (χ2n) is 3.53. The number of hydrogen-bond acceptors (Lipinski definition) is 3. The minimum Gasteiger partial charge on any atom is -0.330 e. The molecule has 1 aromatic carbocycles. The molecule has 1 amide bonds. The van der Waals surface area contributed by atoms with Gasteiger partial charge in [-0.2, -0.15) is 13.2 Å². The molecule has 0 saturated carbocycles. The Bertz CT molecular complexity index is 408. The predicted molar refractivity (Wildman–Crippen MR) is 58.7 cm³/mol. The summed E-state index contributed by atoms with van der Waals surface area (Å²) in [5, 5.41) is 0. The Labute approximate surface area is 102 Å². The Morgan fingerprint density at radius 2 is 2.00 bits per heavy atom. The summed E-state index contributed by atoms with van der Waals surface area (Å²) >= 11 is 0. The number of nitrogens with one attached hydrogen (secondary N) is 1. The molecule has 0 spiro atoms. The number of amides is 1. The molecular weight excluding hydrogens is 249 g/mol. The first kappa shape index (κ1) is 14.5. The molecule has 0 atom stereocenters. The van der Waals surface area contributed by atoms with Gasteiger partial charge in [-0.05, 0) is 24.6 Å². The second kappa shape index (κ2) is 6.36. The van der Waals surface area contributed by atoms with E-state index in [2.05, 4.69) is 4.84 Å². The van der Waals surface area contributed by atoms with Gasteiger partial charge in [-0.1, -0.05) is 18.2 Å². The Balaban J connectivity index is 2.61. The molecule has 7 heteroatoms. The summed E-state index contributed by atoms with van der Waals surface area (Å²) in [6.07, 6.45) is -4.02. The van der Waals surface area contributed by atoms with Crippen molar-refractivity contribution in [3.8, 4) is 0 Å². The van der Waals surface area contributed by atoms with Crippen LogP contribution in [0.4, 0.5) is 13.2 Å². The van der Waals surface area contributed by atoms with Crippen LogP contribution in [0.3, 0.4) is 0 Å². The summed E-state index contributed by atoms with van der Waals surface area (Å²) in [7, 11) is 0. The third-order valence-corrected chi connectivity index (χ3v) is 2.08. The van der Waals surface area contributed by atoms with Crippen molar-refractivity contribution in [2.75, 3.05) is 13.2 Å². The highest BCUT2D eigenvalue weighted by molar-refractivity contribution is 5.94. The predicted octanol–water partition coefficient (Wildman–Crippen LogP) is 1.41. The van der Waals surface area contributed by atoms with Gasteiger partial charge in [0.1, 0.15) is 0 Å². The van der Waals surface area contributed by atoms with Crippen LogP contribution in [-0.4, -0.2) is 25.2 Å². The van der Waals surface area contributed by atoms with Crippen molar-refractivity contribution in [3.05, 3.63) is 35.4 Å². The standard InChI is InChI=1S/C11H13F3N2O2/c12-11(13,14)7-18-16-10(17)9-4-2-1-3-8(9)5-6-15/h1-4H,5-7,15H2,(H,16,17). The van der Waals surface area contributed by atoms with Crippen molar-refractivity contribution in [1.82, 2.24) is 5.48 Å². The van der Waals surface area contributed by atoms with Crippen LogP contribution >= 0.6 is 0 Å². The van der Waals surface area contributed by atoms with E-state index in [1.54, 1.807) is 23.7 Å². The van der Waals surface area contributed by atoms with Crippen LogP contribution in [0.1, 0.15) is 15.9 Å². The molecule has 0 fully saturated rings. The quantitative estimate of drug-likeness (QED) is 0.789. The van der Waals surface area contributed by atoms with Gasteiger partial charge in [-0.25, -0.2) is 5.48 Å². The average molecular weight is 262 g/mol. The van der Waals surface area contributed by atoms with E-state index in [0.717, 1.165) is 0 Å². The summed E-state index contributed by atoms with van der Waals surface area (Å²) in [4.78, 5) is 15.7. The van der Waals surface area contributed by atoms with Crippen LogP contribution in [0.15, 0.2) is 24.3 Å². The number of alkyl halides is 3. The average Bonchev–Trinajstić information content (AvgIpc) is 2.28. The monoisotopic (exact) mass is 262 g/mol. The largest absolute Gasteiger partial charge is 0.414 e. The Kier molecular flexibility index (Phi) is 5.11. The first-order valence-electron chi connectivity index (χ1n) is 5.21. The van der Waals surface area contributed by atoms with Gasteiger partial charge in [-0.3, -0.25) is 9.63 Å². The van der Waals surface area contributed by atoms with Gasteiger partial charge in [0.2, 0.25) is 0 Å². The summed E-state index contributed by atoms with van der Waals surface area (Å²) < 4.78 is 35.4. The van der Waals surface area contributed by atoms with E-state index < -0.39 is 18.7 Å². The first-order valence-corrected chi connectivity index (χ1v) is 5.21. The maximum absolute atomic E-state index is 11.8. The molecule has 0 saturated heterocycles. The maximum Gasteiger partial charge on any atom is 0.414 e. The van der Waals surface area contributed by atoms with E-state index in [4.69, 9.17) is 5.73 Å². The van der Waals surface area contributed by atoms with Gasteiger partial charge < -0.3 is 5.73 Å². The van der Waals surface area contributed by atoms with E-state index in [-0.39, 0.29) is 5.56 Å². The molecule has 1 rings (SSSR count). The number of carbonyl (C=O) groups is 1. The highest BCUT2D eigenvalue weighted by Gasteiger charge is 2.28. The van der Waals surface area contributed by atoms with Crippen molar-refractivity contribution >= 4 is 5.91 Å². The summed E-state index contributed by atoms with van der Waals surface area (Å²) in [5.41, 5.74) is 8.04. The van der Waals surface area contributed by atoms with E-state index in [9.17, 15) is 18.0 Å². The molecular formula is C11H13F3N2O2. The Hall–Kier alpha value is -1.60. The van der Waals surface area contributed by atoms with Gasteiger partial charge in [0, 0.05) is 5.56 Å². The lowest BCUT2D eigenvalue weighted by molar-refractivity contribution is -0.184. The maximum atomic E-state index is 11.8. The lowest BCUT2D eigenvalue weighted by Gasteiger charge is -2.10. The molecule has 18 heavy (non-hydrogen) atoms. The zero-order valence-electron chi connectivity index (χ0n) is 9.46. The van der Waals surface area contributed by atoms with Crippen molar-refractivity contribution < 1.29 is 22.8 Å². The smallest absolute Gasteiger partial charge is 0.330 e. The van der Waals surface area contributed by atoms with Crippen molar-refractivity contribution in [1.29, 1.82) is 0 Å². The molecule has 0 unspecified atom stereocenters. The van der Waals surface area contributed by atoms with Crippen molar-refractivity contribution in [2.24, 2.45) is 5.73 Å². The van der Waals surface area contributed by atoms with Gasteiger partial charge >= 0.3 is 6.18 Å². The van der Waals surface area contributed by atoms with E-state index in [0.29, 0.717) is 18.5 Å². The summed E-state index contributed by atoms with van der Waals surface area (Å²) in [6.45, 7) is -1.19. The number of hydrogen-bond donors (Lipinski definition) is 2. The minimum absolute atomic E-state index is 0.255. The number of benzene rings is 1. The highest BCUT2D eigenvalue weighted by Crippen LogP contribution is 2.14. The molecule has 0 heterocycles. The van der Waals surface area contributed by atoms with Crippen molar-refractivity contribution in [3.63, 3.8) is 0 Å². The van der Waals surface area contributed by atoms with Crippen LogP contribution < -0.4 is 11.2 Å². The van der Waals surface area contributed by atoms with Gasteiger partial charge in [0.05, 0.1) is 0 Å². The molecule has 100 valence electrons. The highest BCUT2D eigenvalue weighted by atomic mass is 19.4. The molecule has 0 aliphatic rings. The molecule has 0 aliphatic heterocycles. The fourth-order valence-electron chi connectivity index (χ4n) is 1.35. The van der Waals surface area contributed by atoms with Gasteiger partial charge in [-0.15, -0.1) is 0 Å². The van der Waals surface area contributed by atoms with Gasteiger partial charge in [0.15, 0.2) is 6.61 Å². The van der Waals surface area contributed by atoms with Gasteiger partial charge in [0.25, 0.3) is 5.91 Å². The molecule has 1 aromatic rings. The normalized spacial score (nSPS) is 11.3. The van der Waals surface area contributed by atoms with Crippen LogP contribution in [0.5, 0.6) is 0 Å². The lowest BCUT2D eigenvalue weighted by atomic mass is 10.0. The Morgan fingerprint density at radius 3 is 2.61 bits per heavy atom. The topological polar surface area (TPSA) is 64.4 Å². The SMILES string of the molecule is NCCc1ccccc1C(=O)NOCC(F)(F)F. The molecule has 4 nitrogen and oxygen atoms in total. The zero-order chi connectivity index (χ0) is 13.6. The third kappa shape index (κ3) is 4.72. The Morgan fingerprint density at radius 1 is 1.33 bits per heavy atom. The van der Waals surface area contributed by atoms with Crippen LogP contribution in [0.25, 0.3) is 0 Å². The zero-order valence-corrected chi connectivity index (χ0v) is 9.46. The van der Waals surface area contributed by atoms with Crippen LogP contribution in [0.2, 0.25) is 0 Å². The number of halogens is 3. The lowest BCUT2D eigenvalue weighted by Crippen LogP contribution is -2.30. The van der Waals surface area contributed by atoms with Crippen LogP contribution in [-0.2, 0) is 11.3 Å². The van der Waals surface area contributed by atoms with Crippen LogP contribution in [0, 0.1) is 0 Å². The summed E-state index contributed by atoms with van der Waals surface area (Å²) in [6, 6.07) is 6.51. The number of carbonyl (C=O) groups excluding carboxylic acids is 1. The van der Waals surface area contributed by atoms with E-state index in [1.165, 1.54) is 6.07 Å². The first-order chi connectivity index (χ1) is 8.44. The molecule has 0 aromatic heterocycles. The molecule has 0 aliphatic carbocycles. The number of nitrogens with two attached hydrogens (primary N) is 1. The van der Waals surface area contributed by atoms with E-state index >= 15 is 0 Å². The molecule has 0 radical (unpaired) electrons.